The van der Waals surface area contributed by atoms with Crippen molar-refractivity contribution in [1.82, 2.24) is 15.2 Å². The summed E-state index contributed by atoms with van der Waals surface area (Å²) in [6.45, 7) is 5.46. The van der Waals surface area contributed by atoms with Crippen LogP contribution in [0.2, 0.25) is 0 Å². The summed E-state index contributed by atoms with van der Waals surface area (Å²) in [6, 6.07) is 0.0482. The molecule has 1 heterocycles. The van der Waals surface area contributed by atoms with Crippen molar-refractivity contribution in [2.75, 3.05) is 5.32 Å². The maximum absolute atomic E-state index is 11.2. The molecule has 0 aliphatic rings. The standard InChI is InChI=1S/C8H12N4O2/c1-3-4-5(2)9-6-7(13)10-8(14)12-11-6/h3,5H,1,4H2,2H3,(H,9,11)(H2,10,12,13,14). The molecule has 0 saturated carbocycles. The molecule has 0 bridgehead atoms. The van der Waals surface area contributed by atoms with Gasteiger partial charge in [0, 0.05) is 6.04 Å². The van der Waals surface area contributed by atoms with Gasteiger partial charge in [-0.3, -0.25) is 9.78 Å². The van der Waals surface area contributed by atoms with Gasteiger partial charge in [-0.05, 0) is 13.3 Å². The third kappa shape index (κ3) is 2.58. The van der Waals surface area contributed by atoms with Crippen molar-refractivity contribution in [3.63, 3.8) is 0 Å². The maximum Gasteiger partial charge on any atom is 0.342 e. The number of aromatic amines is 2. The molecule has 1 aromatic rings. The monoisotopic (exact) mass is 196 g/mol. The lowest BCUT2D eigenvalue weighted by Crippen LogP contribution is -2.29. The molecule has 76 valence electrons. The van der Waals surface area contributed by atoms with Crippen LogP contribution in [-0.2, 0) is 0 Å². The van der Waals surface area contributed by atoms with Crippen LogP contribution in [0.1, 0.15) is 13.3 Å². The van der Waals surface area contributed by atoms with Crippen LogP contribution in [0.3, 0.4) is 0 Å². The summed E-state index contributed by atoms with van der Waals surface area (Å²) in [5.41, 5.74) is -1.14. The Labute approximate surface area is 80.1 Å². The summed E-state index contributed by atoms with van der Waals surface area (Å²) in [6.07, 6.45) is 2.44. The van der Waals surface area contributed by atoms with E-state index in [1.54, 1.807) is 6.08 Å². The zero-order chi connectivity index (χ0) is 10.6. The summed E-state index contributed by atoms with van der Waals surface area (Å²) in [5.74, 6) is 0.110. The van der Waals surface area contributed by atoms with Crippen molar-refractivity contribution >= 4 is 5.82 Å². The smallest absolute Gasteiger partial charge is 0.342 e. The summed E-state index contributed by atoms with van der Waals surface area (Å²) in [5, 5.41) is 8.55. The van der Waals surface area contributed by atoms with E-state index in [2.05, 4.69) is 27.1 Å². The first-order valence-electron chi connectivity index (χ1n) is 4.20. The van der Waals surface area contributed by atoms with Crippen LogP contribution in [-0.4, -0.2) is 21.2 Å². The van der Waals surface area contributed by atoms with E-state index in [0.29, 0.717) is 6.42 Å². The van der Waals surface area contributed by atoms with Crippen molar-refractivity contribution in [2.24, 2.45) is 0 Å². The molecule has 0 amide bonds. The second-order valence-electron chi connectivity index (χ2n) is 2.93. The number of anilines is 1. The second-order valence-corrected chi connectivity index (χ2v) is 2.93. The second kappa shape index (κ2) is 4.40. The first-order valence-corrected chi connectivity index (χ1v) is 4.20. The van der Waals surface area contributed by atoms with Crippen LogP contribution in [0, 0.1) is 0 Å². The molecule has 0 aliphatic heterocycles. The molecular formula is C8H12N4O2. The van der Waals surface area contributed by atoms with Crippen molar-refractivity contribution < 1.29 is 0 Å². The molecule has 0 fully saturated rings. The highest BCUT2D eigenvalue weighted by Gasteiger charge is 2.04. The SMILES string of the molecule is C=CCC(C)Nc1n[nH]c(=O)[nH]c1=O. The topological polar surface area (TPSA) is 90.6 Å². The van der Waals surface area contributed by atoms with Crippen LogP contribution in [0.25, 0.3) is 0 Å². The summed E-state index contributed by atoms with van der Waals surface area (Å²) in [4.78, 5) is 23.9. The quantitative estimate of drug-likeness (QED) is 0.583. The van der Waals surface area contributed by atoms with Gasteiger partial charge >= 0.3 is 5.69 Å². The molecule has 0 spiro atoms. The Balaban J connectivity index is 2.82. The van der Waals surface area contributed by atoms with E-state index in [0.717, 1.165) is 0 Å². The minimum Gasteiger partial charge on any atom is -0.361 e. The highest BCUT2D eigenvalue weighted by atomic mass is 16.2. The zero-order valence-corrected chi connectivity index (χ0v) is 7.83. The molecule has 1 rings (SSSR count). The molecule has 6 nitrogen and oxygen atoms in total. The number of rotatable bonds is 4. The molecule has 0 saturated heterocycles. The molecule has 0 aliphatic carbocycles. The fraction of sp³-hybridized carbons (Fsp3) is 0.375. The predicted octanol–water partition coefficient (Wildman–Crippen LogP) is -0.165. The first-order chi connectivity index (χ1) is 6.63. The van der Waals surface area contributed by atoms with Crippen LogP contribution in [0.5, 0.6) is 0 Å². The van der Waals surface area contributed by atoms with Gasteiger partial charge in [-0.1, -0.05) is 6.08 Å². The number of H-pyrrole nitrogens is 2. The van der Waals surface area contributed by atoms with E-state index in [-0.39, 0.29) is 11.9 Å². The summed E-state index contributed by atoms with van der Waals surface area (Å²) in [7, 11) is 0. The van der Waals surface area contributed by atoms with Gasteiger partial charge in [-0.15, -0.1) is 11.7 Å². The van der Waals surface area contributed by atoms with E-state index in [1.807, 2.05) is 6.92 Å². The van der Waals surface area contributed by atoms with Crippen molar-refractivity contribution in [2.45, 2.75) is 19.4 Å². The predicted molar refractivity (Wildman–Crippen MR) is 53.4 cm³/mol. The minimum absolute atomic E-state index is 0.0482. The van der Waals surface area contributed by atoms with Gasteiger partial charge in [0.2, 0.25) is 5.82 Å². The van der Waals surface area contributed by atoms with Crippen LogP contribution in [0.15, 0.2) is 22.2 Å². The lowest BCUT2D eigenvalue weighted by molar-refractivity contribution is 0.784. The normalized spacial score (nSPS) is 12.1. The number of hydrogen-bond acceptors (Lipinski definition) is 4. The Bertz CT molecular complexity index is 420. The number of nitrogens with one attached hydrogen (secondary N) is 3. The fourth-order valence-electron chi connectivity index (χ4n) is 0.988. The average molecular weight is 196 g/mol. The largest absolute Gasteiger partial charge is 0.361 e. The Morgan fingerprint density at radius 2 is 2.36 bits per heavy atom. The molecule has 0 radical (unpaired) electrons. The van der Waals surface area contributed by atoms with Crippen LogP contribution >= 0.6 is 0 Å². The van der Waals surface area contributed by atoms with Gasteiger partial charge in [0.15, 0.2) is 0 Å². The van der Waals surface area contributed by atoms with E-state index >= 15 is 0 Å². The molecular weight excluding hydrogens is 184 g/mol. The van der Waals surface area contributed by atoms with Gasteiger partial charge in [-0.2, -0.15) is 0 Å². The molecule has 1 unspecified atom stereocenters. The van der Waals surface area contributed by atoms with Crippen molar-refractivity contribution in [1.29, 1.82) is 0 Å². The summed E-state index contributed by atoms with van der Waals surface area (Å²) < 4.78 is 0. The molecule has 14 heavy (non-hydrogen) atoms. The fourth-order valence-corrected chi connectivity index (χ4v) is 0.988. The molecule has 6 heteroatoms. The highest BCUT2D eigenvalue weighted by molar-refractivity contribution is 5.30. The molecule has 0 aromatic carbocycles. The molecule has 1 atom stereocenters. The number of nitrogens with zero attached hydrogens (tertiary/aromatic N) is 1. The Morgan fingerprint density at radius 3 is 2.93 bits per heavy atom. The van der Waals surface area contributed by atoms with Crippen molar-refractivity contribution in [3.8, 4) is 0 Å². The Hall–Kier alpha value is -1.85. The Morgan fingerprint density at radius 1 is 1.64 bits per heavy atom. The van der Waals surface area contributed by atoms with Crippen LogP contribution in [0.4, 0.5) is 5.82 Å². The van der Waals surface area contributed by atoms with Crippen LogP contribution < -0.4 is 16.6 Å². The van der Waals surface area contributed by atoms with Gasteiger partial charge < -0.3 is 5.32 Å². The van der Waals surface area contributed by atoms with E-state index in [9.17, 15) is 9.59 Å². The number of aromatic nitrogens is 3. The lowest BCUT2D eigenvalue weighted by Gasteiger charge is -2.09. The van der Waals surface area contributed by atoms with E-state index < -0.39 is 11.2 Å². The van der Waals surface area contributed by atoms with Gasteiger partial charge in [0.1, 0.15) is 0 Å². The third-order valence-corrected chi connectivity index (χ3v) is 1.61. The molecule has 3 N–H and O–H groups in total. The highest BCUT2D eigenvalue weighted by Crippen LogP contribution is 1.97. The minimum atomic E-state index is -0.614. The third-order valence-electron chi connectivity index (χ3n) is 1.61. The average Bonchev–Trinajstić information content (AvgIpc) is 2.10. The van der Waals surface area contributed by atoms with Crippen molar-refractivity contribution in [3.05, 3.63) is 33.5 Å². The summed E-state index contributed by atoms with van der Waals surface area (Å²) >= 11 is 0. The first kappa shape index (κ1) is 10.2. The van der Waals surface area contributed by atoms with E-state index in [4.69, 9.17) is 0 Å². The van der Waals surface area contributed by atoms with Gasteiger partial charge in [0.25, 0.3) is 5.56 Å². The van der Waals surface area contributed by atoms with E-state index in [1.165, 1.54) is 0 Å². The zero-order valence-electron chi connectivity index (χ0n) is 7.83. The Kier molecular flexibility index (Phi) is 3.22. The molecule has 1 aromatic heterocycles. The van der Waals surface area contributed by atoms with Gasteiger partial charge in [0.05, 0.1) is 0 Å². The number of hydrogen-bond donors (Lipinski definition) is 3. The van der Waals surface area contributed by atoms with Gasteiger partial charge in [-0.25, -0.2) is 9.89 Å². The maximum atomic E-state index is 11.2. The lowest BCUT2D eigenvalue weighted by atomic mass is 10.2.